The van der Waals surface area contributed by atoms with Gasteiger partial charge in [0.25, 0.3) is 0 Å². The van der Waals surface area contributed by atoms with Crippen molar-refractivity contribution < 1.29 is 35.6 Å². The molecule has 0 aliphatic heterocycles. The molecule has 0 unspecified atom stereocenters. The number of rotatable bonds is 0. The molecule has 0 nitrogen and oxygen atoms in total. The molecule has 0 aromatic rings. The zero-order chi connectivity index (χ0) is 7.89. The van der Waals surface area contributed by atoms with Gasteiger partial charge in [0.1, 0.15) is 0 Å². The first-order valence-corrected chi connectivity index (χ1v) is 3.90. The molecule has 1 aliphatic rings. The van der Waals surface area contributed by atoms with E-state index in [0.29, 0.717) is 5.92 Å². The molecule has 1 rings (SSSR count). The van der Waals surface area contributed by atoms with Gasteiger partial charge in [0.2, 0.25) is 0 Å². The van der Waals surface area contributed by atoms with Gasteiger partial charge in [-0.15, -0.1) is 0 Å². The standard InChI is InChI=1S/C10H16.La/c1-6-7(2)9(4)10(5)8(6)3;/h6H,1-5H3;. The summed E-state index contributed by atoms with van der Waals surface area (Å²) in [5, 5.41) is 0. The fourth-order valence-corrected chi connectivity index (χ4v) is 1.57. The molecular formula is C10H16La. The second-order valence-corrected chi connectivity index (χ2v) is 3.34. The molecular weight excluding hydrogens is 259 g/mol. The summed E-state index contributed by atoms with van der Waals surface area (Å²) in [6.45, 7) is 11.2. The summed E-state index contributed by atoms with van der Waals surface area (Å²) < 4.78 is 0. The molecule has 11 heavy (non-hydrogen) atoms. The Morgan fingerprint density at radius 3 is 1.18 bits per heavy atom. The maximum atomic E-state index is 2.28. The van der Waals surface area contributed by atoms with Crippen LogP contribution in [-0.4, -0.2) is 0 Å². The Labute approximate surface area is 97.7 Å². The van der Waals surface area contributed by atoms with Crippen LogP contribution in [0.2, 0.25) is 0 Å². The fraction of sp³-hybridized carbons (Fsp3) is 0.600. The second-order valence-electron chi connectivity index (χ2n) is 3.34. The van der Waals surface area contributed by atoms with Crippen molar-refractivity contribution in [3.63, 3.8) is 0 Å². The molecule has 0 bridgehead atoms. The molecule has 1 radical (unpaired) electrons. The summed E-state index contributed by atoms with van der Waals surface area (Å²) in [7, 11) is 0. The van der Waals surface area contributed by atoms with Gasteiger partial charge in [-0.3, -0.25) is 0 Å². The van der Waals surface area contributed by atoms with Gasteiger partial charge in [-0.1, -0.05) is 18.1 Å². The van der Waals surface area contributed by atoms with E-state index in [-0.39, 0.29) is 35.6 Å². The van der Waals surface area contributed by atoms with Gasteiger partial charge in [-0.05, 0) is 44.8 Å². The molecule has 0 spiro atoms. The zero-order valence-electron chi connectivity index (χ0n) is 8.15. The van der Waals surface area contributed by atoms with Crippen molar-refractivity contribution in [1.82, 2.24) is 0 Å². The third-order valence-electron chi connectivity index (χ3n) is 3.04. The molecule has 0 amide bonds. The fourth-order valence-electron chi connectivity index (χ4n) is 1.57. The Bertz CT molecular complexity index is 197. The average Bonchev–Trinajstić information content (AvgIpc) is 2.07. The molecule has 0 fully saturated rings. The van der Waals surface area contributed by atoms with Crippen LogP contribution >= 0.6 is 0 Å². The molecule has 0 N–H and O–H groups in total. The summed E-state index contributed by atoms with van der Waals surface area (Å²) in [6, 6.07) is 0. The van der Waals surface area contributed by atoms with E-state index in [0.717, 1.165) is 0 Å². The maximum absolute atomic E-state index is 2.28. The van der Waals surface area contributed by atoms with E-state index in [4.69, 9.17) is 0 Å². The normalized spacial score (nSPS) is 19.4. The second kappa shape index (κ2) is 4.07. The minimum Gasteiger partial charge on any atom is -0.0632 e. The third kappa shape index (κ3) is 1.88. The van der Waals surface area contributed by atoms with E-state index in [9.17, 15) is 0 Å². The first-order chi connectivity index (χ1) is 4.55. The van der Waals surface area contributed by atoms with Gasteiger partial charge >= 0.3 is 0 Å². The van der Waals surface area contributed by atoms with Crippen LogP contribution in [0.4, 0.5) is 0 Å². The molecule has 0 saturated heterocycles. The quantitative estimate of drug-likeness (QED) is 0.636. The Kier molecular flexibility index (Phi) is 4.32. The Hall–Kier alpha value is 0.675. The van der Waals surface area contributed by atoms with Gasteiger partial charge in [-0.2, -0.15) is 0 Å². The minimum absolute atomic E-state index is 0. The van der Waals surface area contributed by atoms with Crippen LogP contribution in [0.15, 0.2) is 22.3 Å². The van der Waals surface area contributed by atoms with Crippen LogP contribution in [0.25, 0.3) is 0 Å². The van der Waals surface area contributed by atoms with Crippen LogP contribution in [-0.2, 0) is 0 Å². The molecule has 0 heterocycles. The van der Waals surface area contributed by atoms with Crippen molar-refractivity contribution in [3.8, 4) is 0 Å². The molecule has 0 aromatic heterocycles. The zero-order valence-corrected chi connectivity index (χ0v) is 11.8. The van der Waals surface area contributed by atoms with E-state index in [1.54, 1.807) is 11.1 Å². The smallest absolute Gasteiger partial charge is 0 e. The van der Waals surface area contributed by atoms with E-state index < -0.39 is 0 Å². The van der Waals surface area contributed by atoms with Crippen molar-refractivity contribution in [3.05, 3.63) is 22.3 Å². The Morgan fingerprint density at radius 1 is 0.818 bits per heavy atom. The topological polar surface area (TPSA) is 0 Å². The van der Waals surface area contributed by atoms with E-state index in [1.165, 1.54) is 11.1 Å². The minimum atomic E-state index is 0. The van der Waals surface area contributed by atoms with E-state index in [1.807, 2.05) is 0 Å². The number of allylic oxidation sites excluding steroid dienone is 4. The van der Waals surface area contributed by atoms with Crippen molar-refractivity contribution in [2.45, 2.75) is 34.6 Å². The average molecular weight is 275 g/mol. The Morgan fingerprint density at radius 2 is 1.09 bits per heavy atom. The van der Waals surface area contributed by atoms with Gasteiger partial charge in [-0.25, -0.2) is 0 Å². The van der Waals surface area contributed by atoms with Crippen molar-refractivity contribution in [1.29, 1.82) is 0 Å². The molecule has 0 atom stereocenters. The first-order valence-electron chi connectivity index (χ1n) is 3.90. The maximum Gasteiger partial charge on any atom is 0 e. The van der Waals surface area contributed by atoms with Crippen LogP contribution in [0.5, 0.6) is 0 Å². The van der Waals surface area contributed by atoms with Crippen LogP contribution in [0.3, 0.4) is 0 Å². The summed E-state index contributed by atoms with van der Waals surface area (Å²) in [4.78, 5) is 0. The molecule has 0 saturated carbocycles. The third-order valence-corrected chi connectivity index (χ3v) is 3.04. The summed E-state index contributed by atoms with van der Waals surface area (Å²) >= 11 is 0. The predicted molar refractivity (Wildman–Crippen MR) is 45.9 cm³/mol. The largest absolute Gasteiger partial charge is 0.0632 e. The van der Waals surface area contributed by atoms with Gasteiger partial charge in [0.05, 0.1) is 0 Å². The van der Waals surface area contributed by atoms with Crippen molar-refractivity contribution in [2.24, 2.45) is 5.92 Å². The van der Waals surface area contributed by atoms with Crippen molar-refractivity contribution >= 4 is 0 Å². The molecule has 59 valence electrons. The molecule has 1 heteroatoms. The molecule has 0 aromatic carbocycles. The predicted octanol–water partition coefficient (Wildman–Crippen LogP) is 3.31. The van der Waals surface area contributed by atoms with Gasteiger partial charge in [0, 0.05) is 35.6 Å². The monoisotopic (exact) mass is 275 g/mol. The number of hydrogen-bond donors (Lipinski definition) is 0. The SMILES string of the molecule is CC1=C(C)C(C)C(C)=C1C.[La]. The van der Waals surface area contributed by atoms with Crippen molar-refractivity contribution in [2.75, 3.05) is 0 Å². The van der Waals surface area contributed by atoms with Crippen LogP contribution in [0, 0.1) is 41.5 Å². The van der Waals surface area contributed by atoms with Crippen LogP contribution in [0.1, 0.15) is 34.6 Å². The van der Waals surface area contributed by atoms with Crippen LogP contribution < -0.4 is 0 Å². The number of hydrogen-bond acceptors (Lipinski definition) is 0. The summed E-state index contributed by atoms with van der Waals surface area (Å²) in [5.74, 6) is 0.694. The first kappa shape index (κ1) is 11.7. The van der Waals surface area contributed by atoms with Gasteiger partial charge < -0.3 is 0 Å². The summed E-state index contributed by atoms with van der Waals surface area (Å²) in [5.41, 5.74) is 6.11. The van der Waals surface area contributed by atoms with Gasteiger partial charge in [0.15, 0.2) is 0 Å². The Balaban J connectivity index is 0.000001000. The summed E-state index contributed by atoms with van der Waals surface area (Å²) in [6.07, 6.45) is 0. The van der Waals surface area contributed by atoms with E-state index in [2.05, 4.69) is 34.6 Å². The molecule has 1 aliphatic carbocycles. The van der Waals surface area contributed by atoms with E-state index >= 15 is 0 Å².